The molecule has 2 heterocycles. The minimum absolute atomic E-state index is 0.0761. The average Bonchev–Trinajstić information content (AvgIpc) is 3.29. The molecule has 0 spiro atoms. The van der Waals surface area contributed by atoms with Crippen LogP contribution in [-0.4, -0.2) is 37.3 Å². The fraction of sp³-hybridized carbons (Fsp3) is 0.200. The lowest BCUT2D eigenvalue weighted by Crippen LogP contribution is -2.38. The monoisotopic (exact) mass is 495 g/mol. The number of carbonyl (C=O) groups is 1. The zero-order valence-corrected chi connectivity index (χ0v) is 19.8. The van der Waals surface area contributed by atoms with E-state index in [2.05, 4.69) is 10.8 Å². The highest BCUT2D eigenvalue weighted by molar-refractivity contribution is 7.92. The van der Waals surface area contributed by atoms with Gasteiger partial charge < -0.3 is 4.90 Å². The summed E-state index contributed by atoms with van der Waals surface area (Å²) in [6.45, 7) is 1.14. The maximum atomic E-state index is 13.3. The maximum absolute atomic E-state index is 13.3. The first-order chi connectivity index (χ1) is 16.4. The molecule has 0 unspecified atom stereocenters. The molecule has 0 atom stereocenters. The molecule has 5 rings (SSSR count). The fourth-order valence-corrected chi connectivity index (χ4v) is 6.36. The van der Waals surface area contributed by atoms with Crippen molar-refractivity contribution in [2.45, 2.75) is 23.7 Å². The summed E-state index contributed by atoms with van der Waals surface area (Å²) in [5.74, 6) is -0.447. The van der Waals surface area contributed by atoms with Gasteiger partial charge in [-0.2, -0.15) is 0 Å². The second-order valence-corrected chi connectivity index (χ2v) is 10.9. The summed E-state index contributed by atoms with van der Waals surface area (Å²) in [4.78, 5) is 19.8. The van der Waals surface area contributed by atoms with Gasteiger partial charge in [0.25, 0.3) is 15.9 Å². The number of hydrogen-bond acceptors (Lipinski definition) is 5. The zero-order valence-electron chi connectivity index (χ0n) is 18.1. The first-order valence-electron chi connectivity index (χ1n) is 10.9. The Balaban J connectivity index is 1.30. The summed E-state index contributed by atoms with van der Waals surface area (Å²) in [5, 5.41) is 1.10. The van der Waals surface area contributed by atoms with Crippen LogP contribution in [0.25, 0.3) is 10.2 Å². The van der Waals surface area contributed by atoms with Crippen molar-refractivity contribution >= 4 is 43.2 Å². The van der Waals surface area contributed by atoms with Gasteiger partial charge in [-0.1, -0.05) is 24.3 Å². The lowest BCUT2D eigenvalue weighted by atomic mass is 9.97. The second kappa shape index (κ2) is 9.15. The average molecular weight is 496 g/mol. The SMILES string of the molecule is O=C(c1ccccc1NS(=O)(=O)c1ccc(F)cc1)N1CCC(c2nc3ccccc3s2)CC1. The highest BCUT2D eigenvalue weighted by Crippen LogP contribution is 2.34. The molecule has 1 amide bonds. The molecule has 1 fully saturated rings. The van der Waals surface area contributed by atoms with Gasteiger partial charge in [-0.3, -0.25) is 9.52 Å². The van der Waals surface area contributed by atoms with Gasteiger partial charge in [0.05, 0.1) is 31.4 Å². The number of para-hydroxylation sites is 2. The lowest BCUT2D eigenvalue weighted by Gasteiger charge is -2.31. The number of aromatic nitrogens is 1. The number of anilines is 1. The molecule has 34 heavy (non-hydrogen) atoms. The molecule has 0 radical (unpaired) electrons. The molecule has 6 nitrogen and oxygen atoms in total. The minimum Gasteiger partial charge on any atom is -0.339 e. The lowest BCUT2D eigenvalue weighted by molar-refractivity contribution is 0.0714. The third-order valence-electron chi connectivity index (χ3n) is 5.97. The number of amides is 1. The number of hydrogen-bond donors (Lipinski definition) is 1. The molecule has 0 bridgehead atoms. The predicted molar refractivity (Wildman–Crippen MR) is 131 cm³/mol. The third-order valence-corrected chi connectivity index (χ3v) is 8.55. The van der Waals surface area contributed by atoms with Gasteiger partial charge >= 0.3 is 0 Å². The van der Waals surface area contributed by atoms with Crippen LogP contribution in [0, 0.1) is 5.82 Å². The Morgan fingerprint density at radius 2 is 1.65 bits per heavy atom. The molecule has 0 aliphatic carbocycles. The number of benzene rings is 3. The van der Waals surface area contributed by atoms with Crippen LogP contribution in [0.3, 0.4) is 0 Å². The van der Waals surface area contributed by atoms with E-state index in [0.29, 0.717) is 19.0 Å². The fourth-order valence-electron chi connectivity index (χ4n) is 4.14. The summed E-state index contributed by atoms with van der Waals surface area (Å²) in [6.07, 6.45) is 1.60. The summed E-state index contributed by atoms with van der Waals surface area (Å²) in [6, 6.07) is 19.2. The summed E-state index contributed by atoms with van der Waals surface area (Å²) in [7, 11) is -3.97. The van der Waals surface area contributed by atoms with Crippen molar-refractivity contribution in [3.8, 4) is 0 Å². The number of nitrogens with one attached hydrogen (secondary N) is 1. The molecule has 1 aromatic heterocycles. The molecule has 1 aliphatic heterocycles. The van der Waals surface area contributed by atoms with Crippen molar-refractivity contribution in [3.05, 3.63) is 89.2 Å². The van der Waals surface area contributed by atoms with Gasteiger partial charge in [0, 0.05) is 19.0 Å². The molecular formula is C25H22FN3O3S2. The van der Waals surface area contributed by atoms with Crippen molar-refractivity contribution in [3.63, 3.8) is 0 Å². The molecule has 4 aromatic rings. The van der Waals surface area contributed by atoms with Crippen LogP contribution in [0.4, 0.5) is 10.1 Å². The predicted octanol–water partition coefficient (Wildman–Crippen LogP) is 5.26. The van der Waals surface area contributed by atoms with E-state index in [4.69, 9.17) is 4.98 Å². The molecule has 0 saturated carbocycles. The van der Waals surface area contributed by atoms with Gasteiger partial charge in [0.1, 0.15) is 5.82 Å². The Bertz CT molecular complexity index is 1410. The van der Waals surface area contributed by atoms with Crippen LogP contribution in [-0.2, 0) is 10.0 Å². The number of thiazole rings is 1. The molecule has 9 heteroatoms. The van der Waals surface area contributed by atoms with Crippen molar-refractivity contribution in [1.29, 1.82) is 0 Å². The van der Waals surface area contributed by atoms with E-state index in [1.165, 1.54) is 16.8 Å². The van der Waals surface area contributed by atoms with Crippen LogP contribution in [0.15, 0.2) is 77.7 Å². The Hall–Kier alpha value is -3.30. The number of fused-ring (bicyclic) bond motifs is 1. The highest BCUT2D eigenvalue weighted by atomic mass is 32.2. The molecule has 1 saturated heterocycles. The van der Waals surface area contributed by atoms with Gasteiger partial charge in [0.2, 0.25) is 0 Å². The molecule has 1 N–H and O–H groups in total. The summed E-state index contributed by atoms with van der Waals surface area (Å²) < 4.78 is 42.4. The smallest absolute Gasteiger partial charge is 0.261 e. The van der Waals surface area contributed by atoms with Crippen LogP contribution in [0.2, 0.25) is 0 Å². The van der Waals surface area contributed by atoms with Crippen LogP contribution >= 0.6 is 11.3 Å². The number of likely N-dealkylation sites (tertiary alicyclic amines) is 1. The van der Waals surface area contributed by atoms with E-state index in [1.54, 1.807) is 40.5 Å². The van der Waals surface area contributed by atoms with Crippen molar-refractivity contribution in [1.82, 2.24) is 9.88 Å². The van der Waals surface area contributed by atoms with Crippen LogP contribution in [0.5, 0.6) is 0 Å². The van der Waals surface area contributed by atoms with E-state index in [-0.39, 0.29) is 22.1 Å². The number of piperidine rings is 1. The first kappa shape index (κ1) is 22.5. The summed E-state index contributed by atoms with van der Waals surface area (Å²) >= 11 is 1.70. The van der Waals surface area contributed by atoms with Crippen LogP contribution < -0.4 is 4.72 Å². The van der Waals surface area contributed by atoms with Crippen molar-refractivity contribution in [2.75, 3.05) is 17.8 Å². The summed E-state index contributed by atoms with van der Waals surface area (Å²) in [5.41, 5.74) is 1.49. The van der Waals surface area contributed by atoms with Gasteiger partial charge in [-0.15, -0.1) is 11.3 Å². The second-order valence-electron chi connectivity index (χ2n) is 8.19. The first-order valence-corrected chi connectivity index (χ1v) is 13.2. The minimum atomic E-state index is -3.97. The molecular weight excluding hydrogens is 473 g/mol. The normalized spacial score (nSPS) is 14.9. The zero-order chi connectivity index (χ0) is 23.7. The van der Waals surface area contributed by atoms with E-state index >= 15 is 0 Å². The number of sulfonamides is 1. The Morgan fingerprint density at radius 1 is 0.971 bits per heavy atom. The van der Waals surface area contributed by atoms with Gasteiger partial charge in [0.15, 0.2) is 0 Å². The molecule has 1 aliphatic rings. The van der Waals surface area contributed by atoms with E-state index in [9.17, 15) is 17.6 Å². The maximum Gasteiger partial charge on any atom is 0.261 e. The Kier molecular flexibility index (Phi) is 6.05. The van der Waals surface area contributed by atoms with E-state index in [1.807, 2.05) is 18.2 Å². The van der Waals surface area contributed by atoms with Crippen molar-refractivity contribution < 1.29 is 17.6 Å². The quantitative estimate of drug-likeness (QED) is 0.410. The molecule has 3 aromatic carbocycles. The highest BCUT2D eigenvalue weighted by Gasteiger charge is 2.28. The Morgan fingerprint density at radius 3 is 2.38 bits per heavy atom. The number of carbonyl (C=O) groups excluding carboxylic acids is 1. The van der Waals surface area contributed by atoms with Gasteiger partial charge in [-0.25, -0.2) is 17.8 Å². The number of rotatable bonds is 5. The van der Waals surface area contributed by atoms with E-state index < -0.39 is 15.8 Å². The standard InChI is InChI=1S/C25H22FN3O3S2/c26-18-9-11-19(12-10-18)34(31,32)28-21-6-2-1-5-20(21)25(30)29-15-13-17(14-16-29)24-27-22-7-3-4-8-23(22)33-24/h1-12,17,28H,13-16H2. The van der Waals surface area contributed by atoms with Crippen LogP contribution in [0.1, 0.15) is 34.1 Å². The third kappa shape index (κ3) is 4.53. The molecule has 174 valence electrons. The Labute approximate surface area is 201 Å². The van der Waals surface area contributed by atoms with Gasteiger partial charge in [-0.05, 0) is 61.4 Å². The largest absolute Gasteiger partial charge is 0.339 e. The topological polar surface area (TPSA) is 79.4 Å². The van der Waals surface area contributed by atoms with Crippen molar-refractivity contribution in [2.24, 2.45) is 0 Å². The number of nitrogens with zero attached hydrogens (tertiary/aromatic N) is 2. The van der Waals surface area contributed by atoms with E-state index in [0.717, 1.165) is 35.5 Å². The number of halogens is 1.